The van der Waals surface area contributed by atoms with Gasteiger partial charge in [0.25, 0.3) is 11.5 Å². The molecule has 1 aliphatic heterocycles. The fraction of sp³-hybridized carbons (Fsp3) is 0.462. The van der Waals surface area contributed by atoms with Crippen molar-refractivity contribution in [1.82, 2.24) is 19.5 Å². The van der Waals surface area contributed by atoms with Crippen LogP contribution in [0.3, 0.4) is 0 Å². The van der Waals surface area contributed by atoms with Gasteiger partial charge in [0.15, 0.2) is 5.65 Å². The molecule has 0 saturated carbocycles. The number of likely N-dealkylation sites (tertiary alicyclic amines) is 1. The molecule has 0 aliphatic carbocycles. The number of nitrogens with one attached hydrogen (secondary N) is 1. The maximum atomic E-state index is 12.6. The summed E-state index contributed by atoms with van der Waals surface area (Å²) in [5, 5.41) is 2.73. The zero-order valence-corrected chi connectivity index (χ0v) is 11.1. The summed E-state index contributed by atoms with van der Waals surface area (Å²) >= 11 is 0. The van der Waals surface area contributed by atoms with Crippen LogP contribution in [0.4, 0.5) is 4.39 Å². The first kappa shape index (κ1) is 12.8. The summed E-state index contributed by atoms with van der Waals surface area (Å²) in [6.45, 7) is 2.26. The van der Waals surface area contributed by atoms with Crippen LogP contribution in [0.15, 0.2) is 17.1 Å². The molecule has 1 saturated heterocycles. The molecular weight excluding hydrogens is 263 g/mol. The van der Waals surface area contributed by atoms with Gasteiger partial charge in [-0.3, -0.25) is 19.1 Å². The third-order valence-corrected chi connectivity index (χ3v) is 3.65. The van der Waals surface area contributed by atoms with E-state index >= 15 is 0 Å². The first-order valence-electron chi connectivity index (χ1n) is 6.53. The number of aromatic nitrogens is 3. The molecule has 2 aromatic rings. The minimum atomic E-state index is -0.408. The molecule has 2 aromatic heterocycles. The van der Waals surface area contributed by atoms with E-state index in [1.54, 1.807) is 11.8 Å². The maximum absolute atomic E-state index is 12.6. The van der Waals surface area contributed by atoms with E-state index in [1.165, 1.54) is 16.8 Å². The summed E-state index contributed by atoms with van der Waals surface area (Å²) in [6, 6.07) is 1.40. The van der Waals surface area contributed by atoms with Crippen LogP contribution >= 0.6 is 0 Å². The number of fused-ring (bicyclic) bond motifs is 1. The first-order valence-corrected chi connectivity index (χ1v) is 6.53. The Bertz CT molecular complexity index is 721. The van der Waals surface area contributed by atoms with E-state index in [0.29, 0.717) is 36.4 Å². The second kappa shape index (κ2) is 4.73. The summed E-state index contributed by atoms with van der Waals surface area (Å²) in [4.78, 5) is 30.1. The summed E-state index contributed by atoms with van der Waals surface area (Å²) in [5.41, 5.74) is 0.982. The molecule has 3 rings (SSSR count). The van der Waals surface area contributed by atoms with Gasteiger partial charge in [-0.1, -0.05) is 0 Å². The van der Waals surface area contributed by atoms with Gasteiger partial charge in [0.2, 0.25) is 0 Å². The van der Waals surface area contributed by atoms with Crippen molar-refractivity contribution < 1.29 is 9.18 Å². The van der Waals surface area contributed by atoms with Crippen molar-refractivity contribution in [1.29, 1.82) is 0 Å². The Hall–Kier alpha value is -2.18. The quantitative estimate of drug-likeness (QED) is 0.881. The molecule has 0 radical (unpaired) electrons. The lowest BCUT2D eigenvalue weighted by Gasteiger charge is -2.14. The molecule has 1 unspecified atom stereocenters. The van der Waals surface area contributed by atoms with Crippen LogP contribution in [0.2, 0.25) is 0 Å². The van der Waals surface area contributed by atoms with Crippen LogP contribution in [0, 0.1) is 12.8 Å². The largest absolute Gasteiger partial charge is 0.338 e. The van der Waals surface area contributed by atoms with Crippen molar-refractivity contribution >= 4 is 11.6 Å². The van der Waals surface area contributed by atoms with E-state index < -0.39 is 6.67 Å². The maximum Gasteiger partial charge on any atom is 0.272 e. The van der Waals surface area contributed by atoms with Crippen LogP contribution in [0.25, 0.3) is 5.65 Å². The highest BCUT2D eigenvalue weighted by molar-refractivity contribution is 5.99. The summed E-state index contributed by atoms with van der Waals surface area (Å²) in [6.07, 6.45) is 2.16. The Morgan fingerprint density at radius 1 is 1.60 bits per heavy atom. The number of carbonyl (C=O) groups is 1. The molecule has 1 fully saturated rings. The van der Waals surface area contributed by atoms with Crippen molar-refractivity contribution in [2.24, 2.45) is 5.92 Å². The highest BCUT2D eigenvalue weighted by atomic mass is 19.1. The number of rotatable bonds is 2. The summed E-state index contributed by atoms with van der Waals surface area (Å²) in [7, 11) is 0. The predicted molar refractivity (Wildman–Crippen MR) is 70.5 cm³/mol. The minimum absolute atomic E-state index is 0.0819. The van der Waals surface area contributed by atoms with Crippen molar-refractivity contribution in [2.45, 2.75) is 13.3 Å². The highest BCUT2D eigenvalue weighted by Gasteiger charge is 2.28. The third-order valence-electron chi connectivity index (χ3n) is 3.65. The average Bonchev–Trinajstić information content (AvgIpc) is 3.04. The lowest BCUT2D eigenvalue weighted by molar-refractivity contribution is 0.0787. The van der Waals surface area contributed by atoms with Gasteiger partial charge in [0, 0.05) is 37.0 Å². The van der Waals surface area contributed by atoms with Gasteiger partial charge in [-0.15, -0.1) is 0 Å². The van der Waals surface area contributed by atoms with Crippen LogP contribution in [-0.2, 0) is 0 Å². The minimum Gasteiger partial charge on any atom is -0.338 e. The molecule has 0 aromatic carbocycles. The van der Waals surface area contributed by atoms with Crippen molar-refractivity contribution in [3.63, 3.8) is 0 Å². The van der Waals surface area contributed by atoms with Crippen LogP contribution in [0.5, 0.6) is 0 Å². The summed E-state index contributed by atoms with van der Waals surface area (Å²) < 4.78 is 13.9. The van der Waals surface area contributed by atoms with Crippen molar-refractivity contribution in [3.05, 3.63) is 33.9 Å². The van der Waals surface area contributed by atoms with Gasteiger partial charge in [-0.05, 0) is 13.3 Å². The number of aryl methyl sites for hydroxylation is 1. The van der Waals surface area contributed by atoms with E-state index in [2.05, 4.69) is 10.1 Å². The number of H-pyrrole nitrogens is 1. The van der Waals surface area contributed by atoms with Gasteiger partial charge in [0.1, 0.15) is 5.56 Å². The van der Waals surface area contributed by atoms with E-state index in [1.807, 2.05) is 0 Å². The Morgan fingerprint density at radius 3 is 3.10 bits per heavy atom. The summed E-state index contributed by atoms with van der Waals surface area (Å²) in [5.74, 6) is -0.293. The lowest BCUT2D eigenvalue weighted by atomic mass is 10.1. The molecule has 3 heterocycles. The molecule has 1 N–H and O–H groups in total. The zero-order chi connectivity index (χ0) is 14.3. The standard InChI is InChI=1S/C13H15FN4O2/c1-8-4-11(19)18-12(16-8)10(6-15-18)13(20)17-3-2-9(5-14)7-17/h4,6,9,15H,2-3,5,7H2,1H3. The molecule has 1 amide bonds. The van der Waals surface area contributed by atoms with E-state index in [0.717, 1.165) is 0 Å². The Morgan fingerprint density at radius 2 is 2.40 bits per heavy atom. The molecule has 106 valence electrons. The highest BCUT2D eigenvalue weighted by Crippen LogP contribution is 2.20. The number of hydrogen-bond acceptors (Lipinski definition) is 3. The second-order valence-corrected chi connectivity index (χ2v) is 5.14. The molecular formula is C13H15FN4O2. The van der Waals surface area contributed by atoms with E-state index in [-0.39, 0.29) is 17.4 Å². The number of nitrogens with zero attached hydrogens (tertiary/aromatic N) is 3. The normalized spacial score (nSPS) is 18.9. The van der Waals surface area contributed by atoms with Gasteiger partial charge in [0.05, 0.1) is 6.67 Å². The topological polar surface area (TPSA) is 70.5 Å². The molecule has 7 heteroatoms. The smallest absolute Gasteiger partial charge is 0.272 e. The van der Waals surface area contributed by atoms with Crippen molar-refractivity contribution in [2.75, 3.05) is 19.8 Å². The lowest BCUT2D eigenvalue weighted by Crippen LogP contribution is -2.29. The number of aromatic amines is 1. The van der Waals surface area contributed by atoms with Gasteiger partial charge in [-0.2, -0.15) is 0 Å². The number of alkyl halides is 1. The number of carbonyl (C=O) groups excluding carboxylic acids is 1. The van der Waals surface area contributed by atoms with Crippen LogP contribution in [-0.4, -0.2) is 45.2 Å². The van der Waals surface area contributed by atoms with Crippen LogP contribution in [0.1, 0.15) is 22.5 Å². The number of hydrogen-bond donors (Lipinski definition) is 1. The van der Waals surface area contributed by atoms with Gasteiger partial charge >= 0.3 is 0 Å². The zero-order valence-electron chi connectivity index (χ0n) is 11.1. The fourth-order valence-corrected chi connectivity index (χ4v) is 2.57. The third kappa shape index (κ3) is 1.99. The first-order chi connectivity index (χ1) is 9.60. The van der Waals surface area contributed by atoms with E-state index in [4.69, 9.17) is 0 Å². The molecule has 0 spiro atoms. The monoisotopic (exact) mass is 278 g/mol. The predicted octanol–water partition coefficient (Wildman–Crippen LogP) is 0.763. The Kier molecular flexibility index (Phi) is 3.04. The van der Waals surface area contributed by atoms with Crippen LogP contribution < -0.4 is 5.56 Å². The second-order valence-electron chi connectivity index (χ2n) is 5.14. The van der Waals surface area contributed by atoms with E-state index in [9.17, 15) is 14.0 Å². The fourth-order valence-electron chi connectivity index (χ4n) is 2.57. The van der Waals surface area contributed by atoms with Gasteiger partial charge in [-0.25, -0.2) is 9.50 Å². The molecule has 0 bridgehead atoms. The molecule has 1 aliphatic rings. The average molecular weight is 278 g/mol. The Balaban J connectivity index is 1.98. The molecule has 6 nitrogen and oxygen atoms in total. The Labute approximate surface area is 114 Å². The van der Waals surface area contributed by atoms with Crippen molar-refractivity contribution in [3.8, 4) is 0 Å². The number of amides is 1. The van der Waals surface area contributed by atoms with Gasteiger partial charge < -0.3 is 4.90 Å². The SMILES string of the molecule is Cc1cc(=O)n2[nH]cc(C(=O)N3CCC(CF)C3)c2n1. The molecule has 1 atom stereocenters. The molecule has 20 heavy (non-hydrogen) atoms. The number of halogens is 1.